The minimum atomic E-state index is -2.51. The fraction of sp³-hybridized carbons (Fsp3) is 0.650. The van der Waals surface area contributed by atoms with Gasteiger partial charge in [-0.15, -0.1) is 0 Å². The molecule has 1 aromatic rings. The number of halogens is 2. The predicted octanol–water partition coefficient (Wildman–Crippen LogP) is 3.86. The lowest BCUT2D eigenvalue weighted by molar-refractivity contribution is -0.0564. The SMILES string of the molecule is CC(C)(C)OC(=O)NCCc1ccc(OCCN2CCC(F)(F)CC2)cc1. The highest BCUT2D eigenvalue weighted by atomic mass is 19.3. The molecule has 1 aliphatic rings. The van der Waals surface area contributed by atoms with Crippen molar-refractivity contribution < 1.29 is 23.0 Å². The maximum Gasteiger partial charge on any atom is 0.407 e. The van der Waals surface area contributed by atoms with Crippen LogP contribution in [0.2, 0.25) is 0 Å². The summed E-state index contributed by atoms with van der Waals surface area (Å²) >= 11 is 0. The Hall–Kier alpha value is -1.89. The summed E-state index contributed by atoms with van der Waals surface area (Å²) in [5, 5.41) is 2.73. The number of hydrogen-bond acceptors (Lipinski definition) is 4. The van der Waals surface area contributed by atoms with Crippen LogP contribution in [0.15, 0.2) is 24.3 Å². The Morgan fingerprint density at radius 3 is 2.41 bits per heavy atom. The fourth-order valence-corrected chi connectivity index (χ4v) is 2.77. The molecule has 0 aromatic heterocycles. The van der Waals surface area contributed by atoms with Crippen LogP contribution in [0.5, 0.6) is 5.75 Å². The minimum Gasteiger partial charge on any atom is -0.492 e. The van der Waals surface area contributed by atoms with Gasteiger partial charge >= 0.3 is 6.09 Å². The third kappa shape index (κ3) is 8.56. The van der Waals surface area contributed by atoms with Crippen molar-refractivity contribution in [3.05, 3.63) is 29.8 Å². The number of nitrogens with one attached hydrogen (secondary N) is 1. The second kappa shape index (κ2) is 9.35. The molecule has 0 aliphatic carbocycles. The molecule has 0 saturated carbocycles. The summed E-state index contributed by atoms with van der Waals surface area (Å²) in [5.41, 5.74) is 0.578. The molecule has 152 valence electrons. The third-order valence-electron chi connectivity index (χ3n) is 4.27. The molecule has 0 bridgehead atoms. The van der Waals surface area contributed by atoms with E-state index in [1.807, 2.05) is 49.9 Å². The van der Waals surface area contributed by atoms with Crippen molar-refractivity contribution in [2.75, 3.05) is 32.8 Å². The Morgan fingerprint density at radius 2 is 1.81 bits per heavy atom. The standard InChI is InChI=1S/C20H30F2N2O3/c1-19(2,3)27-18(25)23-11-8-16-4-6-17(7-5-16)26-15-14-24-12-9-20(21,22)10-13-24/h4-7H,8-15H2,1-3H3,(H,23,25). The number of amides is 1. The highest BCUT2D eigenvalue weighted by Gasteiger charge is 2.33. The highest BCUT2D eigenvalue weighted by molar-refractivity contribution is 5.67. The van der Waals surface area contributed by atoms with E-state index in [2.05, 4.69) is 5.32 Å². The van der Waals surface area contributed by atoms with Crippen molar-refractivity contribution in [1.29, 1.82) is 0 Å². The maximum atomic E-state index is 13.1. The lowest BCUT2D eigenvalue weighted by atomic mass is 10.1. The zero-order chi connectivity index (χ0) is 19.9. The van der Waals surface area contributed by atoms with E-state index >= 15 is 0 Å². The summed E-state index contributed by atoms with van der Waals surface area (Å²) in [4.78, 5) is 13.6. The number of benzene rings is 1. The predicted molar refractivity (Wildman–Crippen MR) is 100 cm³/mol. The molecule has 0 radical (unpaired) electrons. The van der Waals surface area contributed by atoms with Gasteiger partial charge in [-0.3, -0.25) is 4.90 Å². The van der Waals surface area contributed by atoms with E-state index in [0.29, 0.717) is 39.2 Å². The van der Waals surface area contributed by atoms with Gasteiger partial charge in [0.25, 0.3) is 5.92 Å². The lowest BCUT2D eigenvalue weighted by Crippen LogP contribution is -2.41. The lowest BCUT2D eigenvalue weighted by Gasteiger charge is -2.31. The van der Waals surface area contributed by atoms with Gasteiger partial charge in [0, 0.05) is 39.0 Å². The molecule has 27 heavy (non-hydrogen) atoms. The molecule has 2 rings (SSSR count). The molecule has 1 aromatic carbocycles. The summed E-state index contributed by atoms with van der Waals surface area (Å²) in [5.74, 6) is -1.76. The summed E-state index contributed by atoms with van der Waals surface area (Å²) in [6, 6.07) is 7.67. The van der Waals surface area contributed by atoms with Crippen molar-refractivity contribution in [1.82, 2.24) is 10.2 Å². The maximum absolute atomic E-state index is 13.1. The summed E-state index contributed by atoms with van der Waals surface area (Å²) < 4.78 is 37.1. The molecule has 1 N–H and O–H groups in total. The summed E-state index contributed by atoms with van der Waals surface area (Å²) in [7, 11) is 0. The van der Waals surface area contributed by atoms with E-state index in [4.69, 9.17) is 9.47 Å². The second-order valence-corrected chi connectivity index (χ2v) is 7.87. The summed E-state index contributed by atoms with van der Waals surface area (Å²) in [6.45, 7) is 7.93. The first kappa shape index (κ1) is 21.4. The monoisotopic (exact) mass is 384 g/mol. The molecule has 1 heterocycles. The molecule has 7 heteroatoms. The van der Waals surface area contributed by atoms with Crippen LogP contribution in [-0.2, 0) is 11.2 Å². The number of ether oxygens (including phenoxy) is 2. The van der Waals surface area contributed by atoms with Crippen LogP contribution in [0.25, 0.3) is 0 Å². The Kier molecular flexibility index (Phi) is 7.41. The van der Waals surface area contributed by atoms with Crippen LogP contribution >= 0.6 is 0 Å². The zero-order valence-electron chi connectivity index (χ0n) is 16.4. The number of hydrogen-bond donors (Lipinski definition) is 1. The quantitative estimate of drug-likeness (QED) is 0.776. The van der Waals surface area contributed by atoms with Crippen molar-refractivity contribution in [2.24, 2.45) is 0 Å². The van der Waals surface area contributed by atoms with E-state index in [-0.39, 0.29) is 12.8 Å². The van der Waals surface area contributed by atoms with Crippen LogP contribution in [0.4, 0.5) is 13.6 Å². The highest BCUT2D eigenvalue weighted by Crippen LogP contribution is 2.27. The largest absolute Gasteiger partial charge is 0.492 e. The number of piperidine rings is 1. The first-order chi connectivity index (χ1) is 12.6. The number of alkyl halides is 2. The Bertz CT molecular complexity index is 590. The van der Waals surface area contributed by atoms with E-state index in [0.717, 1.165) is 11.3 Å². The van der Waals surface area contributed by atoms with E-state index < -0.39 is 17.6 Å². The van der Waals surface area contributed by atoms with Gasteiger partial charge in [-0.25, -0.2) is 13.6 Å². The number of likely N-dealkylation sites (tertiary alicyclic amines) is 1. The van der Waals surface area contributed by atoms with Gasteiger partial charge in [0.15, 0.2) is 0 Å². The topological polar surface area (TPSA) is 50.8 Å². The van der Waals surface area contributed by atoms with Gasteiger partial charge in [-0.1, -0.05) is 12.1 Å². The molecular weight excluding hydrogens is 354 g/mol. The van der Waals surface area contributed by atoms with Crippen molar-refractivity contribution >= 4 is 6.09 Å². The van der Waals surface area contributed by atoms with Gasteiger partial charge in [0.1, 0.15) is 18.0 Å². The molecule has 0 atom stereocenters. The second-order valence-electron chi connectivity index (χ2n) is 7.87. The first-order valence-corrected chi connectivity index (χ1v) is 9.42. The number of nitrogens with zero attached hydrogens (tertiary/aromatic N) is 1. The molecule has 1 saturated heterocycles. The van der Waals surface area contributed by atoms with Gasteiger partial charge < -0.3 is 14.8 Å². The molecule has 0 spiro atoms. The van der Waals surface area contributed by atoms with Crippen molar-refractivity contribution in [3.63, 3.8) is 0 Å². The Balaban J connectivity index is 1.63. The minimum absolute atomic E-state index is 0.0704. The Morgan fingerprint density at radius 1 is 1.19 bits per heavy atom. The zero-order valence-corrected chi connectivity index (χ0v) is 16.4. The fourth-order valence-electron chi connectivity index (χ4n) is 2.77. The van der Waals surface area contributed by atoms with Crippen LogP contribution in [0, 0.1) is 0 Å². The van der Waals surface area contributed by atoms with Crippen molar-refractivity contribution in [2.45, 2.75) is 51.6 Å². The van der Waals surface area contributed by atoms with Gasteiger partial charge in [-0.2, -0.15) is 0 Å². The molecule has 1 fully saturated rings. The smallest absolute Gasteiger partial charge is 0.407 e. The number of rotatable bonds is 7. The normalized spacial score (nSPS) is 17.4. The average molecular weight is 384 g/mol. The third-order valence-corrected chi connectivity index (χ3v) is 4.27. The molecular formula is C20H30F2N2O3. The first-order valence-electron chi connectivity index (χ1n) is 9.42. The number of carbonyl (C=O) groups is 1. The van der Waals surface area contributed by atoms with E-state index in [1.54, 1.807) is 0 Å². The summed E-state index contributed by atoms with van der Waals surface area (Å²) in [6.07, 6.45) is 0.137. The Labute approximate surface area is 160 Å². The molecule has 0 unspecified atom stereocenters. The van der Waals surface area contributed by atoms with Gasteiger partial charge in [-0.05, 0) is 44.9 Å². The van der Waals surface area contributed by atoms with E-state index in [1.165, 1.54) is 0 Å². The van der Waals surface area contributed by atoms with E-state index in [9.17, 15) is 13.6 Å². The van der Waals surface area contributed by atoms with Crippen LogP contribution in [0.1, 0.15) is 39.2 Å². The molecule has 1 aliphatic heterocycles. The van der Waals surface area contributed by atoms with Gasteiger partial charge in [0.2, 0.25) is 0 Å². The number of carbonyl (C=O) groups excluding carboxylic acids is 1. The average Bonchev–Trinajstić information content (AvgIpc) is 2.56. The molecule has 1 amide bonds. The number of alkyl carbamates (subject to hydrolysis) is 1. The van der Waals surface area contributed by atoms with Crippen LogP contribution in [0.3, 0.4) is 0 Å². The van der Waals surface area contributed by atoms with Gasteiger partial charge in [0.05, 0.1) is 0 Å². The van der Waals surface area contributed by atoms with Crippen molar-refractivity contribution in [3.8, 4) is 5.75 Å². The van der Waals surface area contributed by atoms with Crippen LogP contribution < -0.4 is 10.1 Å². The molecule has 5 nitrogen and oxygen atoms in total. The van der Waals surface area contributed by atoms with Crippen LogP contribution in [-0.4, -0.2) is 55.3 Å².